The predicted octanol–water partition coefficient (Wildman–Crippen LogP) is 1.48. The Bertz CT molecular complexity index is 686. The number of hydrogen-bond acceptors (Lipinski definition) is 5. The minimum atomic E-state index is -3.78. The highest BCUT2D eigenvalue weighted by Gasteiger charge is 2.20. The molecule has 0 saturated carbocycles. The molecule has 0 radical (unpaired) electrons. The highest BCUT2D eigenvalue weighted by molar-refractivity contribution is 7.92. The van der Waals surface area contributed by atoms with E-state index in [1.165, 1.54) is 6.20 Å². The summed E-state index contributed by atoms with van der Waals surface area (Å²) in [6.07, 6.45) is 1.40. The van der Waals surface area contributed by atoms with Crippen LogP contribution in [0.3, 0.4) is 0 Å². The van der Waals surface area contributed by atoms with Gasteiger partial charge in [-0.25, -0.2) is 4.98 Å². The van der Waals surface area contributed by atoms with Crippen LogP contribution in [0.4, 0.5) is 11.4 Å². The van der Waals surface area contributed by atoms with Gasteiger partial charge in [-0.3, -0.25) is 10.6 Å². The smallest absolute Gasteiger partial charge is 0.281 e. The second-order valence-corrected chi connectivity index (χ2v) is 5.52. The van der Waals surface area contributed by atoms with Crippen molar-refractivity contribution in [2.24, 2.45) is 5.84 Å². The Hall–Kier alpha value is -2.12. The van der Waals surface area contributed by atoms with Crippen molar-refractivity contribution in [2.45, 2.75) is 11.9 Å². The number of benzene rings is 1. The van der Waals surface area contributed by atoms with Crippen LogP contribution in [0.1, 0.15) is 5.56 Å². The van der Waals surface area contributed by atoms with E-state index in [-0.39, 0.29) is 10.7 Å². The normalized spacial score (nSPS) is 11.1. The van der Waals surface area contributed by atoms with Crippen LogP contribution in [0.2, 0.25) is 0 Å². The first-order chi connectivity index (χ1) is 9.04. The molecule has 2 rings (SSSR count). The van der Waals surface area contributed by atoms with E-state index < -0.39 is 10.0 Å². The first kappa shape index (κ1) is 13.3. The Morgan fingerprint density at radius 2 is 1.79 bits per heavy atom. The summed E-state index contributed by atoms with van der Waals surface area (Å²) in [7, 11) is -3.78. The minimum absolute atomic E-state index is 0.138. The average molecular weight is 278 g/mol. The Balaban J connectivity index is 2.41. The third kappa shape index (κ3) is 2.83. The Labute approximate surface area is 111 Å². The minimum Gasteiger partial charge on any atom is -0.321 e. The van der Waals surface area contributed by atoms with Crippen molar-refractivity contribution in [3.63, 3.8) is 0 Å². The van der Waals surface area contributed by atoms with E-state index in [0.717, 1.165) is 5.56 Å². The Morgan fingerprint density at radius 3 is 2.47 bits per heavy atom. The summed E-state index contributed by atoms with van der Waals surface area (Å²) in [5, 5.41) is -0.138. The number of para-hydroxylation sites is 1. The van der Waals surface area contributed by atoms with E-state index in [1.54, 1.807) is 24.3 Å². The van der Waals surface area contributed by atoms with Gasteiger partial charge in [0.1, 0.15) is 0 Å². The van der Waals surface area contributed by atoms with Gasteiger partial charge in [-0.1, -0.05) is 18.2 Å². The van der Waals surface area contributed by atoms with Gasteiger partial charge in [0.15, 0.2) is 0 Å². The zero-order chi connectivity index (χ0) is 13.9. The van der Waals surface area contributed by atoms with Crippen LogP contribution in [0.25, 0.3) is 0 Å². The first-order valence-corrected chi connectivity index (χ1v) is 7.03. The van der Waals surface area contributed by atoms with Gasteiger partial charge in [0.05, 0.1) is 11.4 Å². The molecule has 1 aromatic carbocycles. The van der Waals surface area contributed by atoms with Gasteiger partial charge in [-0.2, -0.15) is 8.42 Å². The second-order valence-electron chi connectivity index (χ2n) is 3.92. The van der Waals surface area contributed by atoms with Crippen LogP contribution in [0, 0.1) is 6.92 Å². The lowest BCUT2D eigenvalue weighted by Gasteiger charge is -2.12. The van der Waals surface area contributed by atoms with Gasteiger partial charge in [0, 0.05) is 6.20 Å². The molecule has 0 unspecified atom stereocenters. The van der Waals surface area contributed by atoms with E-state index in [0.29, 0.717) is 5.69 Å². The molecule has 1 aromatic heterocycles. The third-order valence-corrected chi connectivity index (χ3v) is 3.89. The number of aryl methyl sites for hydroxylation is 1. The van der Waals surface area contributed by atoms with Crippen molar-refractivity contribution in [3.05, 3.63) is 48.2 Å². The largest absolute Gasteiger partial charge is 0.321 e. The molecule has 0 aliphatic rings. The summed E-state index contributed by atoms with van der Waals surface area (Å²) in [4.78, 5) is 3.85. The SMILES string of the molecule is Cc1ccccc1NS(=O)(=O)c1ncccc1NN. The fraction of sp³-hybridized carbons (Fsp3) is 0.0833. The van der Waals surface area contributed by atoms with Crippen LogP contribution in [-0.4, -0.2) is 13.4 Å². The lowest BCUT2D eigenvalue weighted by molar-refractivity contribution is 0.598. The summed E-state index contributed by atoms with van der Waals surface area (Å²) < 4.78 is 27.0. The van der Waals surface area contributed by atoms with Gasteiger partial charge in [0.2, 0.25) is 5.03 Å². The van der Waals surface area contributed by atoms with Crippen LogP contribution >= 0.6 is 0 Å². The van der Waals surface area contributed by atoms with Crippen LogP contribution < -0.4 is 16.0 Å². The van der Waals surface area contributed by atoms with Crippen LogP contribution in [0.15, 0.2) is 47.6 Å². The molecule has 100 valence electrons. The quantitative estimate of drug-likeness (QED) is 0.581. The number of hydrazine groups is 1. The molecule has 0 bridgehead atoms. The molecule has 0 aliphatic heterocycles. The number of rotatable bonds is 4. The molecule has 4 N–H and O–H groups in total. The van der Waals surface area contributed by atoms with E-state index in [4.69, 9.17) is 5.84 Å². The second kappa shape index (κ2) is 5.25. The predicted molar refractivity (Wildman–Crippen MR) is 74.0 cm³/mol. The van der Waals surface area contributed by atoms with Gasteiger partial charge in [0.25, 0.3) is 10.0 Å². The topological polar surface area (TPSA) is 97.1 Å². The maximum absolute atomic E-state index is 12.3. The van der Waals surface area contributed by atoms with Crippen molar-refractivity contribution in [3.8, 4) is 0 Å². The number of pyridine rings is 1. The number of nitrogens with zero attached hydrogens (tertiary/aromatic N) is 1. The monoisotopic (exact) mass is 278 g/mol. The highest BCUT2D eigenvalue weighted by atomic mass is 32.2. The summed E-state index contributed by atoms with van der Waals surface area (Å²) in [6.45, 7) is 1.82. The zero-order valence-corrected chi connectivity index (χ0v) is 11.1. The number of aromatic nitrogens is 1. The lowest BCUT2D eigenvalue weighted by Crippen LogP contribution is -2.19. The average Bonchev–Trinajstić information content (AvgIpc) is 2.41. The molecule has 0 amide bonds. The van der Waals surface area contributed by atoms with Crippen LogP contribution in [0.5, 0.6) is 0 Å². The Kier molecular flexibility index (Phi) is 3.68. The molecular weight excluding hydrogens is 264 g/mol. The molecule has 0 saturated heterocycles. The van der Waals surface area contributed by atoms with E-state index in [2.05, 4.69) is 15.1 Å². The first-order valence-electron chi connectivity index (χ1n) is 5.54. The van der Waals surface area contributed by atoms with Gasteiger partial charge >= 0.3 is 0 Å². The molecule has 0 spiro atoms. The van der Waals surface area contributed by atoms with E-state index in [1.807, 2.05) is 19.1 Å². The summed E-state index contributed by atoms with van der Waals surface area (Å²) in [5.74, 6) is 5.29. The molecule has 0 atom stereocenters. The summed E-state index contributed by atoms with van der Waals surface area (Å²) >= 11 is 0. The molecule has 6 nitrogen and oxygen atoms in total. The molecule has 0 fully saturated rings. The number of hydrogen-bond donors (Lipinski definition) is 3. The number of nitrogen functional groups attached to an aromatic ring is 1. The standard InChI is InChI=1S/C12H14N4O2S/c1-9-5-2-3-6-10(9)16-19(17,18)12-11(15-13)7-4-8-14-12/h2-8,15-16H,13H2,1H3. The molecule has 0 aliphatic carbocycles. The Morgan fingerprint density at radius 1 is 1.11 bits per heavy atom. The highest BCUT2D eigenvalue weighted by Crippen LogP contribution is 2.22. The van der Waals surface area contributed by atoms with Gasteiger partial charge < -0.3 is 5.43 Å². The summed E-state index contributed by atoms with van der Waals surface area (Å²) in [6, 6.07) is 10.2. The van der Waals surface area contributed by atoms with Crippen molar-refractivity contribution in [2.75, 3.05) is 10.1 Å². The summed E-state index contributed by atoms with van der Waals surface area (Å²) in [5.41, 5.74) is 3.89. The maximum atomic E-state index is 12.3. The van der Waals surface area contributed by atoms with Gasteiger partial charge in [-0.05, 0) is 30.7 Å². The van der Waals surface area contributed by atoms with Crippen molar-refractivity contribution in [1.29, 1.82) is 0 Å². The number of sulfonamides is 1. The number of nitrogens with two attached hydrogens (primary N) is 1. The van der Waals surface area contributed by atoms with Gasteiger partial charge in [-0.15, -0.1) is 0 Å². The fourth-order valence-corrected chi connectivity index (χ4v) is 2.83. The lowest BCUT2D eigenvalue weighted by atomic mass is 10.2. The van der Waals surface area contributed by atoms with E-state index in [9.17, 15) is 8.42 Å². The van der Waals surface area contributed by atoms with Crippen LogP contribution in [-0.2, 0) is 10.0 Å². The molecule has 2 aromatic rings. The zero-order valence-electron chi connectivity index (χ0n) is 10.3. The number of nitrogens with one attached hydrogen (secondary N) is 2. The van der Waals surface area contributed by atoms with Crippen molar-refractivity contribution >= 4 is 21.4 Å². The maximum Gasteiger partial charge on any atom is 0.281 e. The van der Waals surface area contributed by atoms with Crippen molar-refractivity contribution < 1.29 is 8.42 Å². The van der Waals surface area contributed by atoms with Crippen molar-refractivity contribution in [1.82, 2.24) is 4.98 Å². The third-order valence-electron chi connectivity index (χ3n) is 2.57. The molecular formula is C12H14N4O2S. The number of anilines is 2. The molecule has 7 heteroatoms. The fourth-order valence-electron chi connectivity index (χ4n) is 1.60. The van der Waals surface area contributed by atoms with E-state index >= 15 is 0 Å². The molecule has 19 heavy (non-hydrogen) atoms. The molecule has 1 heterocycles.